The molecule has 1 fully saturated rings. The number of likely N-dealkylation sites (tertiary alicyclic amines) is 1. The van der Waals surface area contributed by atoms with Crippen LogP contribution in [0.4, 0.5) is 0 Å². The third-order valence-electron chi connectivity index (χ3n) is 3.94. The van der Waals surface area contributed by atoms with E-state index in [1.807, 2.05) is 6.07 Å². The molecule has 22 heavy (non-hydrogen) atoms. The van der Waals surface area contributed by atoms with E-state index in [2.05, 4.69) is 5.32 Å². The first-order valence-corrected chi connectivity index (χ1v) is 8.65. The predicted molar refractivity (Wildman–Crippen MR) is 92.5 cm³/mol. The summed E-state index contributed by atoms with van der Waals surface area (Å²) in [6, 6.07) is 5.30. The van der Waals surface area contributed by atoms with Gasteiger partial charge in [0.15, 0.2) is 0 Å². The Balaban J connectivity index is 1.66. The SMILES string of the molecule is O=C(/C=C/c1ccc(Cl)c(Cl)c1)NCCC[NH+]1CCCCC1. The van der Waals surface area contributed by atoms with Crippen LogP contribution in [0.15, 0.2) is 24.3 Å². The topological polar surface area (TPSA) is 33.5 Å². The number of benzene rings is 1. The van der Waals surface area contributed by atoms with Crippen LogP contribution < -0.4 is 10.2 Å². The van der Waals surface area contributed by atoms with E-state index in [0.717, 1.165) is 25.1 Å². The standard InChI is InChI=1S/C17H22Cl2N2O/c18-15-7-5-14(13-16(15)19)6-8-17(22)20-9-4-12-21-10-2-1-3-11-21/h5-8,13H,1-4,9-12H2,(H,20,22)/p+1/b8-6+. The maximum atomic E-state index is 11.8. The third kappa shape index (κ3) is 5.99. The molecule has 0 unspecified atom stereocenters. The molecule has 1 amide bonds. The van der Waals surface area contributed by atoms with Crippen molar-refractivity contribution in [1.29, 1.82) is 0 Å². The second kappa shape index (κ2) is 9.19. The van der Waals surface area contributed by atoms with Crippen molar-refractivity contribution < 1.29 is 9.69 Å². The summed E-state index contributed by atoms with van der Waals surface area (Å²) in [6.07, 6.45) is 8.37. The molecule has 1 aromatic rings. The molecular formula is C17H23Cl2N2O+. The Morgan fingerprint density at radius 1 is 1.18 bits per heavy atom. The largest absolute Gasteiger partial charge is 0.352 e. The predicted octanol–water partition coefficient (Wildman–Crippen LogP) is 2.58. The van der Waals surface area contributed by atoms with Crippen molar-refractivity contribution in [2.75, 3.05) is 26.2 Å². The fourth-order valence-electron chi connectivity index (χ4n) is 2.70. The number of rotatable bonds is 6. The van der Waals surface area contributed by atoms with Gasteiger partial charge in [0.2, 0.25) is 5.91 Å². The first kappa shape index (κ1) is 17.3. The van der Waals surface area contributed by atoms with E-state index in [4.69, 9.17) is 23.2 Å². The molecule has 1 saturated heterocycles. The van der Waals surface area contributed by atoms with Crippen LogP contribution in [0.3, 0.4) is 0 Å². The number of amides is 1. The van der Waals surface area contributed by atoms with Crippen LogP contribution in [0.5, 0.6) is 0 Å². The Morgan fingerprint density at radius 3 is 2.68 bits per heavy atom. The van der Waals surface area contributed by atoms with Crippen LogP contribution in [0.1, 0.15) is 31.2 Å². The summed E-state index contributed by atoms with van der Waals surface area (Å²) >= 11 is 11.8. The Morgan fingerprint density at radius 2 is 1.95 bits per heavy atom. The first-order chi connectivity index (χ1) is 10.6. The molecule has 2 rings (SSSR count). The van der Waals surface area contributed by atoms with E-state index >= 15 is 0 Å². The van der Waals surface area contributed by atoms with E-state index in [-0.39, 0.29) is 5.91 Å². The first-order valence-electron chi connectivity index (χ1n) is 7.90. The molecule has 1 aliphatic heterocycles. The molecule has 1 aliphatic rings. The van der Waals surface area contributed by atoms with Crippen LogP contribution in [-0.2, 0) is 4.79 Å². The van der Waals surface area contributed by atoms with Gasteiger partial charge in [-0.1, -0.05) is 29.3 Å². The van der Waals surface area contributed by atoms with Crippen LogP contribution in [0.2, 0.25) is 10.0 Å². The quantitative estimate of drug-likeness (QED) is 0.605. The molecule has 1 heterocycles. The molecule has 1 aromatic carbocycles. The summed E-state index contributed by atoms with van der Waals surface area (Å²) in [7, 11) is 0. The summed E-state index contributed by atoms with van der Waals surface area (Å²) in [4.78, 5) is 13.4. The minimum atomic E-state index is -0.0697. The summed E-state index contributed by atoms with van der Waals surface area (Å²) in [6.45, 7) is 4.45. The van der Waals surface area contributed by atoms with Crippen molar-refractivity contribution in [3.63, 3.8) is 0 Å². The van der Waals surface area contributed by atoms with E-state index in [9.17, 15) is 4.79 Å². The van der Waals surface area contributed by atoms with Crippen molar-refractivity contribution in [2.45, 2.75) is 25.7 Å². The normalized spacial score (nSPS) is 16.1. The number of hydrogen-bond donors (Lipinski definition) is 2. The van der Waals surface area contributed by atoms with Gasteiger partial charge in [0.1, 0.15) is 0 Å². The van der Waals surface area contributed by atoms with E-state index in [1.54, 1.807) is 23.1 Å². The molecule has 0 atom stereocenters. The fourth-order valence-corrected chi connectivity index (χ4v) is 3.01. The fraction of sp³-hybridized carbons (Fsp3) is 0.471. The van der Waals surface area contributed by atoms with Gasteiger partial charge in [0, 0.05) is 19.0 Å². The molecule has 0 radical (unpaired) electrons. The van der Waals surface area contributed by atoms with Crippen molar-refractivity contribution in [1.82, 2.24) is 5.32 Å². The maximum Gasteiger partial charge on any atom is 0.244 e. The van der Waals surface area contributed by atoms with Crippen LogP contribution in [-0.4, -0.2) is 32.1 Å². The Hall–Kier alpha value is -1.03. The number of nitrogens with one attached hydrogen (secondary N) is 2. The molecule has 0 bridgehead atoms. The van der Waals surface area contributed by atoms with Gasteiger partial charge < -0.3 is 10.2 Å². The Bertz CT molecular complexity index is 525. The molecule has 0 aromatic heterocycles. The van der Waals surface area contributed by atoms with Crippen molar-refractivity contribution >= 4 is 35.2 Å². The minimum Gasteiger partial charge on any atom is -0.352 e. The number of carbonyl (C=O) groups excluding carboxylic acids is 1. The molecule has 120 valence electrons. The van der Waals surface area contributed by atoms with Crippen LogP contribution in [0.25, 0.3) is 6.08 Å². The van der Waals surface area contributed by atoms with Gasteiger partial charge in [0.25, 0.3) is 0 Å². The highest BCUT2D eigenvalue weighted by Crippen LogP contribution is 2.22. The van der Waals surface area contributed by atoms with Crippen LogP contribution >= 0.6 is 23.2 Å². The van der Waals surface area contributed by atoms with Crippen LogP contribution in [0, 0.1) is 0 Å². The van der Waals surface area contributed by atoms with Gasteiger partial charge in [0.05, 0.1) is 29.7 Å². The maximum absolute atomic E-state index is 11.8. The zero-order valence-corrected chi connectivity index (χ0v) is 14.2. The van der Waals surface area contributed by atoms with Gasteiger partial charge in [-0.2, -0.15) is 0 Å². The van der Waals surface area contributed by atoms with Gasteiger partial charge in [-0.05, 0) is 43.0 Å². The second-order valence-corrected chi connectivity index (χ2v) is 6.53. The number of quaternary nitrogens is 1. The Kier molecular flexibility index (Phi) is 7.23. The van der Waals surface area contributed by atoms with Gasteiger partial charge >= 0.3 is 0 Å². The number of halogens is 2. The minimum absolute atomic E-state index is 0.0697. The monoisotopic (exact) mass is 341 g/mol. The summed E-state index contributed by atoms with van der Waals surface area (Å²) in [5.41, 5.74) is 0.863. The summed E-state index contributed by atoms with van der Waals surface area (Å²) in [5.74, 6) is -0.0697. The number of hydrogen-bond acceptors (Lipinski definition) is 1. The van der Waals surface area contributed by atoms with Crippen molar-refractivity contribution in [2.24, 2.45) is 0 Å². The number of carbonyl (C=O) groups is 1. The molecule has 2 N–H and O–H groups in total. The summed E-state index contributed by atoms with van der Waals surface area (Å²) in [5, 5.41) is 3.93. The van der Waals surface area contributed by atoms with Gasteiger partial charge in [-0.15, -0.1) is 0 Å². The summed E-state index contributed by atoms with van der Waals surface area (Å²) < 4.78 is 0. The lowest BCUT2D eigenvalue weighted by atomic mass is 10.1. The average Bonchev–Trinajstić information content (AvgIpc) is 2.54. The molecule has 0 aliphatic carbocycles. The molecule has 5 heteroatoms. The van der Waals surface area contributed by atoms with E-state index in [0.29, 0.717) is 10.0 Å². The molecule has 3 nitrogen and oxygen atoms in total. The highest BCUT2D eigenvalue weighted by Gasteiger charge is 2.12. The van der Waals surface area contributed by atoms with Gasteiger partial charge in [-0.25, -0.2) is 0 Å². The molecule has 0 saturated carbocycles. The second-order valence-electron chi connectivity index (χ2n) is 5.71. The zero-order chi connectivity index (χ0) is 15.8. The molecular weight excluding hydrogens is 319 g/mol. The Labute approximate surface area is 142 Å². The van der Waals surface area contributed by atoms with Crippen molar-refractivity contribution in [3.8, 4) is 0 Å². The van der Waals surface area contributed by atoms with E-state index in [1.165, 1.54) is 38.4 Å². The van der Waals surface area contributed by atoms with Crippen molar-refractivity contribution in [3.05, 3.63) is 39.9 Å². The van der Waals surface area contributed by atoms with Gasteiger partial charge in [-0.3, -0.25) is 4.79 Å². The number of piperidine rings is 1. The smallest absolute Gasteiger partial charge is 0.244 e. The van der Waals surface area contributed by atoms with E-state index < -0.39 is 0 Å². The highest BCUT2D eigenvalue weighted by molar-refractivity contribution is 6.42. The lowest BCUT2D eigenvalue weighted by molar-refractivity contribution is -0.904. The third-order valence-corrected chi connectivity index (χ3v) is 4.68. The average molecular weight is 342 g/mol. The highest BCUT2D eigenvalue weighted by atomic mass is 35.5. The molecule has 0 spiro atoms. The lowest BCUT2D eigenvalue weighted by Gasteiger charge is -2.23. The zero-order valence-electron chi connectivity index (χ0n) is 12.7. The lowest BCUT2D eigenvalue weighted by Crippen LogP contribution is -3.12.